The molecule has 1 fully saturated rings. The zero-order chi connectivity index (χ0) is 16.9. The highest BCUT2D eigenvalue weighted by molar-refractivity contribution is 5.96. The summed E-state index contributed by atoms with van der Waals surface area (Å²) in [5, 5.41) is 9.90. The Bertz CT molecular complexity index is 801. The molecule has 1 unspecified atom stereocenters. The van der Waals surface area contributed by atoms with Crippen LogP contribution in [0.25, 0.3) is 17.0 Å². The predicted molar refractivity (Wildman–Crippen MR) is 93.2 cm³/mol. The van der Waals surface area contributed by atoms with Gasteiger partial charge in [0.15, 0.2) is 0 Å². The van der Waals surface area contributed by atoms with E-state index in [-0.39, 0.29) is 12.0 Å². The number of carbonyl (C=O) groups excluding carboxylic acids is 1. The van der Waals surface area contributed by atoms with Crippen LogP contribution in [0.1, 0.15) is 18.9 Å². The van der Waals surface area contributed by atoms with Crippen LogP contribution in [0.15, 0.2) is 36.5 Å². The van der Waals surface area contributed by atoms with Gasteiger partial charge in [-0.1, -0.05) is 18.2 Å². The van der Waals surface area contributed by atoms with E-state index in [9.17, 15) is 4.79 Å². The predicted octanol–water partition coefficient (Wildman–Crippen LogP) is 2.82. The second kappa shape index (κ2) is 7.33. The lowest BCUT2D eigenvalue weighted by Gasteiger charge is -2.30. The fraction of sp³-hybridized carbons (Fsp3) is 0.368. The summed E-state index contributed by atoms with van der Waals surface area (Å²) in [6, 6.07) is 10.2. The molecule has 0 N–H and O–H groups in total. The number of rotatable bonds is 4. The molecular formula is C19H21N3O2. The zero-order valence-corrected chi connectivity index (χ0v) is 13.8. The van der Waals surface area contributed by atoms with E-state index in [0.717, 1.165) is 16.5 Å². The van der Waals surface area contributed by atoms with Crippen LogP contribution < -0.4 is 0 Å². The second-order valence-corrected chi connectivity index (χ2v) is 6.00. The van der Waals surface area contributed by atoms with Crippen molar-refractivity contribution in [3.63, 3.8) is 0 Å². The summed E-state index contributed by atoms with van der Waals surface area (Å²) in [4.78, 5) is 14.2. The molecule has 5 heteroatoms. The van der Waals surface area contributed by atoms with Gasteiger partial charge in [0, 0.05) is 48.4 Å². The zero-order valence-electron chi connectivity index (χ0n) is 13.8. The van der Waals surface area contributed by atoms with Crippen molar-refractivity contribution in [2.24, 2.45) is 0 Å². The highest BCUT2D eigenvalue weighted by Crippen LogP contribution is 2.23. The minimum atomic E-state index is 0.0130. The van der Waals surface area contributed by atoms with Gasteiger partial charge >= 0.3 is 0 Å². The molecule has 0 saturated carbocycles. The Labute approximate surface area is 141 Å². The number of hydrogen-bond donors (Lipinski definition) is 0. The molecule has 0 spiro atoms. The highest BCUT2D eigenvalue weighted by atomic mass is 16.5. The third-order valence-corrected chi connectivity index (χ3v) is 4.24. The minimum absolute atomic E-state index is 0.0130. The lowest BCUT2D eigenvalue weighted by atomic mass is 10.1. The van der Waals surface area contributed by atoms with Gasteiger partial charge in [-0.3, -0.25) is 4.79 Å². The molecule has 3 rings (SSSR count). The Morgan fingerprint density at radius 1 is 1.46 bits per heavy atom. The highest BCUT2D eigenvalue weighted by Gasteiger charge is 2.19. The lowest BCUT2D eigenvalue weighted by molar-refractivity contribution is -0.132. The molecule has 1 aliphatic rings. The van der Waals surface area contributed by atoms with E-state index in [0.29, 0.717) is 32.7 Å². The summed E-state index contributed by atoms with van der Waals surface area (Å²) in [7, 11) is 0. The number of nitrogens with zero attached hydrogens (tertiary/aromatic N) is 3. The Morgan fingerprint density at radius 3 is 3.08 bits per heavy atom. The largest absolute Gasteiger partial charge is 0.375 e. The summed E-state index contributed by atoms with van der Waals surface area (Å²) in [5.41, 5.74) is 2.08. The number of ether oxygens (including phenoxy) is 1. The van der Waals surface area contributed by atoms with E-state index in [2.05, 4.69) is 10.6 Å². The number of fused-ring (bicyclic) bond motifs is 1. The van der Waals surface area contributed by atoms with E-state index in [4.69, 9.17) is 10.00 Å². The van der Waals surface area contributed by atoms with Crippen molar-refractivity contribution in [2.45, 2.75) is 26.0 Å². The lowest BCUT2D eigenvalue weighted by Crippen LogP contribution is -2.43. The topological polar surface area (TPSA) is 58.3 Å². The summed E-state index contributed by atoms with van der Waals surface area (Å²) >= 11 is 0. The van der Waals surface area contributed by atoms with Crippen LogP contribution in [0.4, 0.5) is 0 Å². The molecule has 24 heavy (non-hydrogen) atoms. The van der Waals surface area contributed by atoms with Crippen LogP contribution in [0.5, 0.6) is 0 Å². The first-order valence-corrected chi connectivity index (χ1v) is 8.22. The maximum atomic E-state index is 12.4. The number of para-hydroxylation sites is 1. The number of benzene rings is 1. The molecule has 1 aliphatic heterocycles. The molecule has 0 aliphatic carbocycles. The number of carbonyl (C=O) groups is 1. The molecule has 1 aromatic carbocycles. The van der Waals surface area contributed by atoms with Gasteiger partial charge in [0.2, 0.25) is 5.91 Å². The van der Waals surface area contributed by atoms with Crippen molar-refractivity contribution in [3.05, 3.63) is 42.1 Å². The standard InChI is InChI=1S/C19H21N3O2/c1-15-13-22(11-12-24-15)19(23)8-7-16-14-21(10-4-9-20)18-6-3-2-5-17(16)18/h2-3,5-8,14-15H,4,10-13H2,1H3/b8-7+. The Balaban J connectivity index is 1.81. The average molecular weight is 323 g/mol. The van der Waals surface area contributed by atoms with Crippen molar-refractivity contribution in [1.29, 1.82) is 5.26 Å². The maximum absolute atomic E-state index is 12.4. The van der Waals surface area contributed by atoms with Crippen LogP contribution in [0.3, 0.4) is 0 Å². The van der Waals surface area contributed by atoms with Crippen molar-refractivity contribution < 1.29 is 9.53 Å². The molecule has 5 nitrogen and oxygen atoms in total. The van der Waals surface area contributed by atoms with E-state index < -0.39 is 0 Å². The molecule has 0 radical (unpaired) electrons. The number of aryl methyl sites for hydroxylation is 1. The first-order valence-electron chi connectivity index (χ1n) is 8.22. The number of hydrogen-bond acceptors (Lipinski definition) is 3. The minimum Gasteiger partial charge on any atom is -0.375 e. The van der Waals surface area contributed by atoms with Gasteiger partial charge in [-0.05, 0) is 19.1 Å². The van der Waals surface area contributed by atoms with Gasteiger partial charge in [0.1, 0.15) is 0 Å². The number of morpholine rings is 1. The smallest absolute Gasteiger partial charge is 0.246 e. The third kappa shape index (κ3) is 3.50. The molecule has 124 valence electrons. The first kappa shape index (κ1) is 16.3. The van der Waals surface area contributed by atoms with Crippen molar-refractivity contribution in [1.82, 2.24) is 9.47 Å². The van der Waals surface area contributed by atoms with E-state index in [1.807, 2.05) is 48.4 Å². The summed E-state index contributed by atoms with van der Waals surface area (Å²) in [5.74, 6) is 0.0130. The monoisotopic (exact) mass is 323 g/mol. The Kier molecular flexibility index (Phi) is 4.97. The normalized spacial score (nSPS) is 18.2. The molecule has 1 atom stereocenters. The van der Waals surface area contributed by atoms with Gasteiger partial charge in [0.25, 0.3) is 0 Å². The molecular weight excluding hydrogens is 302 g/mol. The summed E-state index contributed by atoms with van der Waals surface area (Å²) in [6.07, 6.45) is 6.06. The summed E-state index contributed by atoms with van der Waals surface area (Å²) < 4.78 is 7.54. The van der Waals surface area contributed by atoms with Crippen LogP contribution in [0, 0.1) is 11.3 Å². The SMILES string of the molecule is CC1CN(C(=O)/C=C/c2cn(CCC#N)c3ccccc23)CCO1. The fourth-order valence-electron chi connectivity index (χ4n) is 3.05. The molecule has 2 heterocycles. The summed E-state index contributed by atoms with van der Waals surface area (Å²) in [6.45, 7) is 4.49. The second-order valence-electron chi connectivity index (χ2n) is 6.00. The van der Waals surface area contributed by atoms with E-state index in [1.54, 1.807) is 6.08 Å². The van der Waals surface area contributed by atoms with E-state index in [1.165, 1.54) is 0 Å². The molecule has 1 aromatic heterocycles. The van der Waals surface area contributed by atoms with Gasteiger partial charge in [-0.25, -0.2) is 0 Å². The molecule has 2 aromatic rings. The number of nitriles is 1. The van der Waals surface area contributed by atoms with Gasteiger partial charge in [-0.2, -0.15) is 5.26 Å². The van der Waals surface area contributed by atoms with Crippen molar-refractivity contribution in [2.75, 3.05) is 19.7 Å². The Morgan fingerprint density at radius 2 is 2.29 bits per heavy atom. The Hall–Kier alpha value is -2.58. The third-order valence-electron chi connectivity index (χ3n) is 4.24. The quantitative estimate of drug-likeness (QED) is 0.813. The van der Waals surface area contributed by atoms with Crippen LogP contribution >= 0.6 is 0 Å². The number of aromatic nitrogens is 1. The molecule has 0 bridgehead atoms. The number of amides is 1. The van der Waals surface area contributed by atoms with Crippen LogP contribution in [-0.2, 0) is 16.1 Å². The van der Waals surface area contributed by atoms with Crippen LogP contribution in [-0.4, -0.2) is 41.2 Å². The van der Waals surface area contributed by atoms with Gasteiger partial charge in [-0.15, -0.1) is 0 Å². The molecule has 1 amide bonds. The van der Waals surface area contributed by atoms with Crippen LogP contribution in [0.2, 0.25) is 0 Å². The fourth-order valence-corrected chi connectivity index (χ4v) is 3.05. The van der Waals surface area contributed by atoms with Gasteiger partial charge in [0.05, 0.1) is 25.2 Å². The average Bonchev–Trinajstić information content (AvgIpc) is 2.96. The maximum Gasteiger partial charge on any atom is 0.246 e. The van der Waals surface area contributed by atoms with Crippen molar-refractivity contribution in [3.8, 4) is 6.07 Å². The van der Waals surface area contributed by atoms with Crippen molar-refractivity contribution >= 4 is 22.9 Å². The molecule has 1 saturated heterocycles. The first-order chi connectivity index (χ1) is 11.7. The van der Waals surface area contributed by atoms with Gasteiger partial charge < -0.3 is 14.2 Å². The van der Waals surface area contributed by atoms with E-state index >= 15 is 0 Å².